The maximum Gasteiger partial charge on any atom is 0.322 e. The zero-order valence-electron chi connectivity index (χ0n) is 13.5. The lowest BCUT2D eigenvalue weighted by molar-refractivity contribution is -0.144. The Bertz CT molecular complexity index is 408. The van der Waals surface area contributed by atoms with Gasteiger partial charge in [0.05, 0.1) is 19.6 Å². The van der Waals surface area contributed by atoms with E-state index in [1.54, 1.807) is 0 Å². The van der Waals surface area contributed by atoms with Crippen molar-refractivity contribution in [2.45, 2.75) is 65.1 Å². The summed E-state index contributed by atoms with van der Waals surface area (Å²) in [7, 11) is 1.32. The van der Waals surface area contributed by atoms with E-state index in [2.05, 4.69) is 5.32 Å². The number of nitrogens with one attached hydrogen (secondary N) is 1. The fourth-order valence-corrected chi connectivity index (χ4v) is 2.52. The largest absolute Gasteiger partial charge is 0.468 e. The second kappa shape index (κ2) is 7.54. The third-order valence-corrected chi connectivity index (χ3v) is 3.81. The van der Waals surface area contributed by atoms with Crippen LogP contribution in [0.25, 0.3) is 0 Å². The zero-order valence-corrected chi connectivity index (χ0v) is 13.5. The van der Waals surface area contributed by atoms with E-state index < -0.39 is 18.1 Å². The van der Waals surface area contributed by atoms with E-state index in [-0.39, 0.29) is 30.2 Å². The van der Waals surface area contributed by atoms with Gasteiger partial charge in [0.1, 0.15) is 6.04 Å². The average Bonchev–Trinajstić information content (AvgIpc) is 2.70. The average molecular weight is 298 g/mol. The van der Waals surface area contributed by atoms with Gasteiger partial charge >= 0.3 is 5.97 Å². The molecule has 0 bridgehead atoms. The number of hydrogen-bond acceptors (Lipinski definition) is 5. The Morgan fingerprint density at radius 1 is 1.38 bits per heavy atom. The van der Waals surface area contributed by atoms with Gasteiger partial charge in [-0.05, 0) is 25.7 Å². The SMILES string of the molecule is CCC(C)N1C(=O)CC(NC(CC(C)C)C(=O)OC)C1=O. The van der Waals surface area contributed by atoms with E-state index in [4.69, 9.17) is 4.74 Å². The van der Waals surface area contributed by atoms with Crippen molar-refractivity contribution in [3.63, 3.8) is 0 Å². The standard InChI is InChI=1S/C15H26N2O4/c1-6-10(4)17-13(18)8-11(14(17)19)16-12(7-9(2)3)15(20)21-5/h9-12,16H,6-8H2,1-5H3. The lowest BCUT2D eigenvalue weighted by atomic mass is 10.0. The molecule has 0 aliphatic carbocycles. The first-order chi connectivity index (χ1) is 9.81. The molecule has 6 nitrogen and oxygen atoms in total. The van der Waals surface area contributed by atoms with Gasteiger partial charge in [0.15, 0.2) is 0 Å². The van der Waals surface area contributed by atoms with Crippen LogP contribution in [-0.2, 0) is 19.1 Å². The quantitative estimate of drug-likeness (QED) is 0.562. The predicted octanol–water partition coefficient (Wildman–Crippen LogP) is 1.09. The topological polar surface area (TPSA) is 75.7 Å². The number of carbonyl (C=O) groups excluding carboxylic acids is 3. The number of likely N-dealkylation sites (tertiary alicyclic amines) is 1. The summed E-state index contributed by atoms with van der Waals surface area (Å²) in [5.41, 5.74) is 0. The van der Waals surface area contributed by atoms with Gasteiger partial charge in [-0.15, -0.1) is 0 Å². The monoisotopic (exact) mass is 298 g/mol. The molecule has 3 atom stereocenters. The Hall–Kier alpha value is -1.43. The Labute approximate surface area is 126 Å². The Balaban J connectivity index is 2.79. The molecule has 1 N–H and O–H groups in total. The summed E-state index contributed by atoms with van der Waals surface area (Å²) in [6, 6.07) is -1.30. The van der Waals surface area contributed by atoms with Crippen LogP contribution in [0.4, 0.5) is 0 Å². The number of rotatable bonds is 7. The number of ether oxygens (including phenoxy) is 1. The Morgan fingerprint density at radius 3 is 2.48 bits per heavy atom. The summed E-state index contributed by atoms with van der Waals surface area (Å²) >= 11 is 0. The van der Waals surface area contributed by atoms with Gasteiger partial charge < -0.3 is 4.74 Å². The van der Waals surface area contributed by atoms with Crippen molar-refractivity contribution in [1.29, 1.82) is 0 Å². The maximum absolute atomic E-state index is 12.3. The molecule has 1 fully saturated rings. The summed E-state index contributed by atoms with van der Waals surface area (Å²) in [6.45, 7) is 7.77. The molecule has 120 valence electrons. The zero-order chi connectivity index (χ0) is 16.2. The fourth-order valence-electron chi connectivity index (χ4n) is 2.52. The molecule has 2 amide bonds. The van der Waals surface area contributed by atoms with Crippen molar-refractivity contribution in [3.05, 3.63) is 0 Å². The molecule has 0 spiro atoms. The Morgan fingerprint density at radius 2 is 2.00 bits per heavy atom. The first-order valence-corrected chi connectivity index (χ1v) is 7.51. The first kappa shape index (κ1) is 17.6. The summed E-state index contributed by atoms with van der Waals surface area (Å²) in [6.07, 6.45) is 1.39. The molecule has 1 aliphatic rings. The highest BCUT2D eigenvalue weighted by Gasteiger charge is 2.42. The molecule has 0 radical (unpaired) electrons. The highest BCUT2D eigenvalue weighted by atomic mass is 16.5. The number of esters is 1. The van der Waals surface area contributed by atoms with Crippen LogP contribution in [0.15, 0.2) is 0 Å². The van der Waals surface area contributed by atoms with Crippen LogP contribution in [-0.4, -0.2) is 47.9 Å². The van der Waals surface area contributed by atoms with E-state index in [1.165, 1.54) is 12.0 Å². The summed E-state index contributed by atoms with van der Waals surface area (Å²) in [5, 5.41) is 3.00. The molecule has 0 aromatic carbocycles. The van der Waals surface area contributed by atoms with E-state index in [0.717, 1.165) is 6.42 Å². The molecule has 0 aromatic heterocycles. The minimum absolute atomic E-state index is 0.106. The molecule has 1 aliphatic heterocycles. The van der Waals surface area contributed by atoms with Gasteiger partial charge in [0.25, 0.3) is 0 Å². The fraction of sp³-hybridized carbons (Fsp3) is 0.800. The lowest BCUT2D eigenvalue weighted by Gasteiger charge is -2.24. The summed E-state index contributed by atoms with van der Waals surface area (Å²) in [5.74, 6) is -0.544. The minimum atomic E-state index is -0.630. The van der Waals surface area contributed by atoms with Gasteiger partial charge in [0, 0.05) is 6.04 Å². The third-order valence-electron chi connectivity index (χ3n) is 3.81. The molecule has 0 aromatic rings. The normalized spacial score (nSPS) is 21.8. The van der Waals surface area contributed by atoms with E-state index in [0.29, 0.717) is 6.42 Å². The molecular weight excluding hydrogens is 272 g/mol. The molecule has 1 saturated heterocycles. The number of nitrogens with zero attached hydrogens (tertiary/aromatic N) is 1. The number of amides is 2. The molecule has 1 rings (SSSR count). The smallest absolute Gasteiger partial charge is 0.322 e. The number of methoxy groups -OCH3 is 1. The first-order valence-electron chi connectivity index (χ1n) is 7.51. The minimum Gasteiger partial charge on any atom is -0.468 e. The van der Waals surface area contributed by atoms with Crippen LogP contribution in [0.3, 0.4) is 0 Å². The van der Waals surface area contributed by atoms with E-state index >= 15 is 0 Å². The molecule has 1 heterocycles. The van der Waals surface area contributed by atoms with Crippen LogP contribution in [0.5, 0.6) is 0 Å². The molecule has 0 saturated carbocycles. The highest BCUT2D eigenvalue weighted by molar-refractivity contribution is 6.06. The van der Waals surface area contributed by atoms with Crippen molar-refractivity contribution in [1.82, 2.24) is 10.2 Å². The van der Waals surface area contributed by atoms with Gasteiger partial charge in [-0.2, -0.15) is 0 Å². The van der Waals surface area contributed by atoms with Crippen molar-refractivity contribution in [2.75, 3.05) is 7.11 Å². The van der Waals surface area contributed by atoms with Crippen LogP contribution >= 0.6 is 0 Å². The third kappa shape index (κ3) is 4.27. The van der Waals surface area contributed by atoms with Gasteiger partial charge in [-0.3, -0.25) is 24.6 Å². The van der Waals surface area contributed by atoms with Crippen molar-refractivity contribution in [3.8, 4) is 0 Å². The van der Waals surface area contributed by atoms with E-state index in [9.17, 15) is 14.4 Å². The predicted molar refractivity (Wildman–Crippen MR) is 78.4 cm³/mol. The molecule has 21 heavy (non-hydrogen) atoms. The van der Waals surface area contributed by atoms with E-state index in [1.807, 2.05) is 27.7 Å². The van der Waals surface area contributed by atoms with Crippen molar-refractivity contribution < 1.29 is 19.1 Å². The van der Waals surface area contributed by atoms with Crippen molar-refractivity contribution in [2.24, 2.45) is 5.92 Å². The Kier molecular flexibility index (Phi) is 6.33. The highest BCUT2D eigenvalue weighted by Crippen LogP contribution is 2.19. The second-order valence-electron chi connectivity index (χ2n) is 5.99. The second-order valence-corrected chi connectivity index (χ2v) is 5.99. The molecule has 3 unspecified atom stereocenters. The summed E-state index contributed by atoms with van der Waals surface area (Å²) < 4.78 is 4.77. The number of carbonyl (C=O) groups is 3. The lowest BCUT2D eigenvalue weighted by Crippen LogP contribution is -2.49. The van der Waals surface area contributed by atoms with Crippen LogP contribution in [0, 0.1) is 5.92 Å². The van der Waals surface area contributed by atoms with Gasteiger partial charge in [0.2, 0.25) is 11.8 Å². The van der Waals surface area contributed by atoms with Crippen LogP contribution in [0.2, 0.25) is 0 Å². The molecular formula is C15H26N2O4. The van der Waals surface area contributed by atoms with Crippen molar-refractivity contribution >= 4 is 17.8 Å². The maximum atomic E-state index is 12.3. The van der Waals surface area contributed by atoms with Gasteiger partial charge in [-0.25, -0.2) is 0 Å². The van der Waals surface area contributed by atoms with Crippen LogP contribution in [0.1, 0.15) is 47.0 Å². The van der Waals surface area contributed by atoms with Gasteiger partial charge in [-0.1, -0.05) is 20.8 Å². The number of imide groups is 1. The van der Waals surface area contributed by atoms with Crippen LogP contribution < -0.4 is 5.32 Å². The summed E-state index contributed by atoms with van der Waals surface area (Å²) in [4.78, 5) is 37.4. The molecule has 6 heteroatoms. The number of hydrogen-bond donors (Lipinski definition) is 1.